The molecule has 0 radical (unpaired) electrons. The number of nitrogens with two attached hydrogens (primary N) is 1. The number of anilines is 1. The molecule has 0 atom stereocenters. The van der Waals surface area contributed by atoms with Crippen molar-refractivity contribution >= 4 is 16.5 Å². The molecule has 2 aromatic carbocycles. The third-order valence-corrected chi connectivity index (χ3v) is 3.00. The molecule has 0 saturated heterocycles. The summed E-state index contributed by atoms with van der Waals surface area (Å²) in [5, 5.41) is 1.98. The lowest BCUT2D eigenvalue weighted by molar-refractivity contribution is 0.467. The average Bonchev–Trinajstić information content (AvgIpc) is 2.42. The van der Waals surface area contributed by atoms with Gasteiger partial charge in [-0.15, -0.1) is 0 Å². The van der Waals surface area contributed by atoms with Crippen LogP contribution in [0.5, 0.6) is 11.6 Å². The van der Waals surface area contributed by atoms with Crippen LogP contribution >= 0.6 is 0 Å². The van der Waals surface area contributed by atoms with Gasteiger partial charge in [0.25, 0.3) is 0 Å². The average molecular weight is 250 g/mol. The van der Waals surface area contributed by atoms with Gasteiger partial charge in [0.05, 0.1) is 0 Å². The SMILES string of the molecule is Cc1cccc(Oc2ccc(N)c3ccccc23)n1. The molecule has 3 rings (SSSR count). The van der Waals surface area contributed by atoms with Crippen LogP contribution in [0.4, 0.5) is 5.69 Å². The Labute approximate surface area is 111 Å². The third kappa shape index (κ3) is 2.22. The van der Waals surface area contributed by atoms with E-state index >= 15 is 0 Å². The highest BCUT2D eigenvalue weighted by molar-refractivity contribution is 5.97. The molecule has 3 aromatic rings. The van der Waals surface area contributed by atoms with Crippen molar-refractivity contribution in [3.8, 4) is 11.6 Å². The summed E-state index contributed by atoms with van der Waals surface area (Å²) in [4.78, 5) is 4.34. The van der Waals surface area contributed by atoms with Crippen LogP contribution in [-0.4, -0.2) is 4.98 Å². The molecule has 0 aliphatic rings. The van der Waals surface area contributed by atoms with E-state index in [4.69, 9.17) is 10.5 Å². The van der Waals surface area contributed by atoms with Gasteiger partial charge in [-0.25, -0.2) is 4.98 Å². The lowest BCUT2D eigenvalue weighted by atomic mass is 10.1. The number of hydrogen-bond acceptors (Lipinski definition) is 3. The highest BCUT2D eigenvalue weighted by Crippen LogP contribution is 2.32. The standard InChI is InChI=1S/C16H14N2O/c1-11-5-4-8-16(18-11)19-15-10-9-14(17)12-6-2-3-7-13(12)15/h2-10H,17H2,1H3. The van der Waals surface area contributed by atoms with Gasteiger partial charge in [-0.2, -0.15) is 0 Å². The van der Waals surface area contributed by atoms with E-state index in [-0.39, 0.29) is 0 Å². The highest BCUT2D eigenvalue weighted by atomic mass is 16.5. The molecule has 94 valence electrons. The summed E-state index contributed by atoms with van der Waals surface area (Å²) in [5.74, 6) is 1.36. The van der Waals surface area contributed by atoms with Crippen LogP contribution < -0.4 is 10.5 Å². The summed E-state index contributed by atoms with van der Waals surface area (Å²) in [6.45, 7) is 1.94. The second-order valence-electron chi connectivity index (χ2n) is 4.42. The van der Waals surface area contributed by atoms with Gasteiger partial charge in [-0.1, -0.05) is 30.3 Å². The summed E-state index contributed by atoms with van der Waals surface area (Å²) in [6.07, 6.45) is 0. The van der Waals surface area contributed by atoms with Crippen molar-refractivity contribution in [2.45, 2.75) is 6.92 Å². The minimum absolute atomic E-state index is 0.593. The molecule has 0 amide bonds. The predicted molar refractivity (Wildman–Crippen MR) is 77.4 cm³/mol. The second kappa shape index (κ2) is 4.61. The number of pyridine rings is 1. The van der Waals surface area contributed by atoms with Gasteiger partial charge in [-0.3, -0.25) is 0 Å². The van der Waals surface area contributed by atoms with Gasteiger partial charge in [0, 0.05) is 28.2 Å². The topological polar surface area (TPSA) is 48.1 Å². The summed E-state index contributed by atoms with van der Waals surface area (Å²) in [7, 11) is 0. The molecule has 1 heterocycles. The van der Waals surface area contributed by atoms with Crippen LogP contribution in [0, 0.1) is 6.92 Å². The van der Waals surface area contributed by atoms with Gasteiger partial charge in [-0.05, 0) is 25.1 Å². The molecule has 0 aliphatic carbocycles. The van der Waals surface area contributed by atoms with Crippen LogP contribution in [0.15, 0.2) is 54.6 Å². The molecule has 0 saturated carbocycles. The number of hydrogen-bond donors (Lipinski definition) is 1. The van der Waals surface area contributed by atoms with Crippen molar-refractivity contribution < 1.29 is 4.74 Å². The molecular formula is C16H14N2O. The van der Waals surface area contributed by atoms with Gasteiger partial charge in [0.2, 0.25) is 5.88 Å². The lowest BCUT2D eigenvalue weighted by Gasteiger charge is -2.10. The number of fused-ring (bicyclic) bond motifs is 1. The molecule has 19 heavy (non-hydrogen) atoms. The number of aromatic nitrogens is 1. The summed E-state index contributed by atoms with van der Waals surface area (Å²) in [5.41, 5.74) is 7.65. The van der Waals surface area contributed by atoms with Crippen molar-refractivity contribution in [3.05, 3.63) is 60.3 Å². The smallest absolute Gasteiger partial charge is 0.219 e. The Morgan fingerprint density at radius 2 is 1.68 bits per heavy atom. The Hall–Kier alpha value is -2.55. The maximum atomic E-state index is 5.97. The van der Waals surface area contributed by atoms with Crippen molar-refractivity contribution in [2.24, 2.45) is 0 Å². The normalized spacial score (nSPS) is 10.6. The molecule has 0 aliphatic heterocycles. The van der Waals surface area contributed by atoms with Crippen LogP contribution in [0.25, 0.3) is 10.8 Å². The molecule has 0 bridgehead atoms. The molecule has 2 N–H and O–H groups in total. The maximum Gasteiger partial charge on any atom is 0.219 e. The molecular weight excluding hydrogens is 236 g/mol. The monoisotopic (exact) mass is 250 g/mol. The highest BCUT2D eigenvalue weighted by Gasteiger charge is 2.06. The number of ether oxygens (including phenoxy) is 1. The zero-order valence-electron chi connectivity index (χ0n) is 10.6. The van der Waals surface area contributed by atoms with Crippen LogP contribution in [-0.2, 0) is 0 Å². The van der Waals surface area contributed by atoms with Gasteiger partial charge in [0.15, 0.2) is 0 Å². The fourth-order valence-electron chi connectivity index (χ4n) is 2.07. The first-order chi connectivity index (χ1) is 9.24. The second-order valence-corrected chi connectivity index (χ2v) is 4.42. The van der Waals surface area contributed by atoms with E-state index in [0.717, 1.165) is 27.9 Å². The van der Waals surface area contributed by atoms with E-state index in [2.05, 4.69) is 4.98 Å². The van der Waals surface area contributed by atoms with Crippen molar-refractivity contribution in [3.63, 3.8) is 0 Å². The minimum Gasteiger partial charge on any atom is -0.438 e. The summed E-state index contributed by atoms with van der Waals surface area (Å²) in [6, 6.07) is 17.4. The van der Waals surface area contributed by atoms with E-state index in [0.29, 0.717) is 5.88 Å². The predicted octanol–water partition coefficient (Wildman–Crippen LogP) is 3.92. The quantitative estimate of drug-likeness (QED) is 0.701. The molecule has 0 fully saturated rings. The van der Waals surface area contributed by atoms with E-state index in [1.54, 1.807) is 0 Å². The van der Waals surface area contributed by atoms with E-state index in [1.165, 1.54) is 0 Å². The fraction of sp³-hybridized carbons (Fsp3) is 0.0625. The van der Waals surface area contributed by atoms with E-state index in [9.17, 15) is 0 Å². The summed E-state index contributed by atoms with van der Waals surface area (Å²) < 4.78 is 5.86. The Morgan fingerprint density at radius 1 is 0.895 bits per heavy atom. The van der Waals surface area contributed by atoms with Crippen LogP contribution in [0.1, 0.15) is 5.69 Å². The van der Waals surface area contributed by atoms with Gasteiger partial charge < -0.3 is 10.5 Å². The molecule has 3 nitrogen and oxygen atoms in total. The van der Waals surface area contributed by atoms with Crippen molar-refractivity contribution in [1.82, 2.24) is 4.98 Å². The zero-order valence-corrected chi connectivity index (χ0v) is 10.6. The number of nitrogens with zero attached hydrogens (tertiary/aromatic N) is 1. The van der Waals surface area contributed by atoms with Gasteiger partial charge in [0.1, 0.15) is 5.75 Å². The first-order valence-corrected chi connectivity index (χ1v) is 6.13. The van der Waals surface area contributed by atoms with Crippen molar-refractivity contribution in [1.29, 1.82) is 0 Å². The van der Waals surface area contributed by atoms with Crippen molar-refractivity contribution in [2.75, 3.05) is 5.73 Å². The van der Waals surface area contributed by atoms with E-state index < -0.39 is 0 Å². The Kier molecular flexibility index (Phi) is 2.80. The van der Waals surface area contributed by atoms with Gasteiger partial charge >= 0.3 is 0 Å². The number of nitrogen functional groups attached to an aromatic ring is 1. The van der Waals surface area contributed by atoms with E-state index in [1.807, 2.05) is 61.5 Å². The van der Waals surface area contributed by atoms with Crippen LogP contribution in [0.3, 0.4) is 0 Å². The molecule has 1 aromatic heterocycles. The Morgan fingerprint density at radius 3 is 2.47 bits per heavy atom. The number of aryl methyl sites for hydroxylation is 1. The Bertz CT molecular complexity index is 738. The lowest BCUT2D eigenvalue weighted by Crippen LogP contribution is -1.92. The number of benzene rings is 2. The van der Waals surface area contributed by atoms with Crippen LogP contribution in [0.2, 0.25) is 0 Å². The molecule has 0 spiro atoms. The first-order valence-electron chi connectivity index (χ1n) is 6.13. The minimum atomic E-state index is 0.593. The first kappa shape index (κ1) is 11.5. The maximum absolute atomic E-state index is 5.97. The molecule has 0 unspecified atom stereocenters. The third-order valence-electron chi connectivity index (χ3n) is 3.00. The zero-order chi connectivity index (χ0) is 13.2. The molecule has 3 heteroatoms. The fourth-order valence-corrected chi connectivity index (χ4v) is 2.07. The Balaban J connectivity index is 2.09. The summed E-state index contributed by atoms with van der Waals surface area (Å²) >= 11 is 0. The number of rotatable bonds is 2. The largest absolute Gasteiger partial charge is 0.438 e.